The van der Waals surface area contributed by atoms with Gasteiger partial charge in [-0.1, -0.05) is 71.9 Å². The largest absolute Gasteiger partial charge is 0.332 e. The van der Waals surface area contributed by atoms with Crippen molar-refractivity contribution in [1.82, 2.24) is 14.7 Å². The number of nitrogens with zero attached hydrogens (tertiary/aromatic N) is 3. The molecule has 0 saturated carbocycles. The molecule has 0 aliphatic heterocycles. The van der Waals surface area contributed by atoms with Crippen LogP contribution in [0, 0.1) is 6.92 Å². The fourth-order valence-electron chi connectivity index (χ4n) is 3.62. The normalized spacial score (nSPS) is 11.9. The smallest absolute Gasteiger partial charge is 0.254 e. The topological polar surface area (TPSA) is 67.2 Å². The van der Waals surface area contributed by atoms with Crippen molar-refractivity contribution in [1.29, 1.82) is 0 Å². The molecule has 34 heavy (non-hydrogen) atoms. The van der Waals surface area contributed by atoms with Crippen LogP contribution in [0.25, 0.3) is 5.69 Å². The number of rotatable bonds is 5. The van der Waals surface area contributed by atoms with Crippen LogP contribution in [0.2, 0.25) is 0 Å². The zero-order valence-corrected chi connectivity index (χ0v) is 21.6. The zero-order chi connectivity index (χ0) is 25.3. The quantitative estimate of drug-likeness (QED) is 0.548. The van der Waals surface area contributed by atoms with Crippen LogP contribution in [0.4, 0.5) is 5.82 Å². The minimum absolute atomic E-state index is 0.0132. The summed E-state index contributed by atoms with van der Waals surface area (Å²) in [4.78, 5) is 27.2. The minimum Gasteiger partial charge on any atom is -0.332 e. The summed E-state index contributed by atoms with van der Waals surface area (Å²) in [6, 6.07) is 17.4. The van der Waals surface area contributed by atoms with Crippen LogP contribution in [0.5, 0.6) is 0 Å². The molecule has 1 heterocycles. The molecule has 0 aliphatic rings. The van der Waals surface area contributed by atoms with Crippen molar-refractivity contribution in [2.45, 2.75) is 59.3 Å². The number of likely N-dealkylation sites (N-methyl/N-ethyl adjacent to an activating group) is 1. The molecular weight excluding hydrogens is 424 g/mol. The fourth-order valence-corrected chi connectivity index (χ4v) is 3.62. The highest BCUT2D eigenvalue weighted by molar-refractivity contribution is 5.99. The maximum atomic E-state index is 12.9. The maximum Gasteiger partial charge on any atom is 0.254 e. The molecule has 2 aromatic carbocycles. The lowest BCUT2D eigenvalue weighted by atomic mass is 9.86. The predicted octanol–water partition coefficient (Wildman–Crippen LogP) is 5.49. The first-order chi connectivity index (χ1) is 15.8. The van der Waals surface area contributed by atoms with Crippen LogP contribution in [0.1, 0.15) is 68.7 Å². The van der Waals surface area contributed by atoms with Gasteiger partial charge in [0, 0.05) is 24.1 Å². The average Bonchev–Trinajstić information content (AvgIpc) is 3.16. The van der Waals surface area contributed by atoms with E-state index >= 15 is 0 Å². The van der Waals surface area contributed by atoms with Crippen molar-refractivity contribution < 1.29 is 9.59 Å². The molecule has 0 atom stereocenters. The third kappa shape index (κ3) is 5.74. The number of benzene rings is 2. The lowest BCUT2D eigenvalue weighted by molar-refractivity contribution is -0.116. The van der Waals surface area contributed by atoms with Crippen molar-refractivity contribution in [3.8, 4) is 5.69 Å². The Morgan fingerprint density at radius 3 is 2.12 bits per heavy atom. The molecule has 1 N–H and O–H groups in total. The Morgan fingerprint density at radius 1 is 0.941 bits per heavy atom. The van der Waals surface area contributed by atoms with Crippen LogP contribution in [0.3, 0.4) is 0 Å². The average molecular weight is 461 g/mol. The summed E-state index contributed by atoms with van der Waals surface area (Å²) in [7, 11) is 1.64. The van der Waals surface area contributed by atoms with Gasteiger partial charge in [0.1, 0.15) is 5.82 Å². The van der Waals surface area contributed by atoms with Gasteiger partial charge >= 0.3 is 0 Å². The Bertz CT molecular complexity index is 1180. The van der Waals surface area contributed by atoms with Gasteiger partial charge in [0.15, 0.2) is 0 Å². The van der Waals surface area contributed by atoms with Gasteiger partial charge in [-0.05, 0) is 41.7 Å². The summed E-state index contributed by atoms with van der Waals surface area (Å²) in [5.74, 6) is 0.107. The molecule has 0 fully saturated rings. The van der Waals surface area contributed by atoms with Gasteiger partial charge in [0.05, 0.1) is 17.9 Å². The number of aryl methyl sites for hydroxylation is 1. The van der Waals surface area contributed by atoms with Crippen molar-refractivity contribution >= 4 is 17.6 Å². The van der Waals surface area contributed by atoms with Gasteiger partial charge in [-0.25, -0.2) is 4.68 Å². The van der Waals surface area contributed by atoms with Crippen LogP contribution in [0.15, 0.2) is 54.6 Å². The van der Waals surface area contributed by atoms with Gasteiger partial charge in [-0.3, -0.25) is 9.59 Å². The minimum atomic E-state index is -0.280. The van der Waals surface area contributed by atoms with E-state index in [0.717, 1.165) is 22.5 Å². The summed E-state index contributed by atoms with van der Waals surface area (Å²) >= 11 is 0. The number of amides is 2. The Labute approximate surface area is 203 Å². The fraction of sp³-hybridized carbons (Fsp3) is 0.393. The van der Waals surface area contributed by atoms with E-state index in [4.69, 9.17) is 5.10 Å². The molecule has 0 bridgehead atoms. The number of anilines is 1. The number of hydrogen-bond donors (Lipinski definition) is 1. The van der Waals surface area contributed by atoms with Crippen LogP contribution in [-0.4, -0.2) is 40.1 Å². The van der Waals surface area contributed by atoms with Crippen molar-refractivity contribution in [2.75, 3.05) is 18.9 Å². The Kier molecular flexibility index (Phi) is 7.01. The van der Waals surface area contributed by atoms with Crippen molar-refractivity contribution in [2.24, 2.45) is 0 Å². The molecule has 0 unspecified atom stereocenters. The number of carbonyl (C=O) groups excluding carboxylic acids is 2. The summed E-state index contributed by atoms with van der Waals surface area (Å²) < 4.78 is 1.76. The SMILES string of the molecule is Cc1ccccc1-n1nc(C(C)(C)C)cc1NC(=O)CN(C)C(=O)c1ccc(C(C)(C)C)cc1. The number of para-hydroxylation sites is 1. The first kappa shape index (κ1) is 25.2. The zero-order valence-electron chi connectivity index (χ0n) is 21.6. The second-order valence-corrected chi connectivity index (χ2v) is 10.9. The molecule has 6 nitrogen and oxygen atoms in total. The molecule has 180 valence electrons. The van der Waals surface area contributed by atoms with Crippen LogP contribution < -0.4 is 5.32 Å². The maximum absolute atomic E-state index is 12.9. The molecule has 0 radical (unpaired) electrons. The number of aromatic nitrogens is 2. The second kappa shape index (κ2) is 9.45. The van der Waals surface area contributed by atoms with Crippen LogP contribution >= 0.6 is 0 Å². The van der Waals surface area contributed by atoms with Gasteiger partial charge < -0.3 is 10.2 Å². The lowest BCUT2D eigenvalue weighted by Gasteiger charge is -2.20. The van der Waals surface area contributed by atoms with E-state index < -0.39 is 0 Å². The Hall–Kier alpha value is -3.41. The Morgan fingerprint density at radius 2 is 1.56 bits per heavy atom. The van der Waals surface area contributed by atoms with E-state index in [1.165, 1.54) is 4.90 Å². The first-order valence-electron chi connectivity index (χ1n) is 11.6. The van der Waals surface area contributed by atoms with Crippen molar-refractivity contribution in [3.05, 3.63) is 77.0 Å². The molecular formula is C28H36N4O2. The third-order valence-electron chi connectivity index (χ3n) is 5.81. The highest BCUT2D eigenvalue weighted by Gasteiger charge is 2.23. The van der Waals surface area contributed by atoms with Gasteiger partial charge in [-0.15, -0.1) is 0 Å². The molecule has 2 amide bonds. The van der Waals surface area contributed by atoms with E-state index in [0.29, 0.717) is 11.4 Å². The van der Waals surface area contributed by atoms with E-state index in [9.17, 15) is 9.59 Å². The van der Waals surface area contributed by atoms with E-state index in [-0.39, 0.29) is 29.2 Å². The highest BCUT2D eigenvalue weighted by Crippen LogP contribution is 2.27. The van der Waals surface area contributed by atoms with E-state index in [2.05, 4.69) is 46.9 Å². The Balaban J connectivity index is 1.78. The summed E-state index contributed by atoms with van der Waals surface area (Å²) in [5.41, 5.74) is 4.36. The van der Waals surface area contributed by atoms with E-state index in [1.54, 1.807) is 11.7 Å². The summed E-state index contributed by atoms with van der Waals surface area (Å²) in [6.45, 7) is 14.6. The van der Waals surface area contributed by atoms with Gasteiger partial charge in [0.25, 0.3) is 5.91 Å². The van der Waals surface area contributed by atoms with Gasteiger partial charge in [0.2, 0.25) is 5.91 Å². The van der Waals surface area contributed by atoms with Crippen LogP contribution in [-0.2, 0) is 15.6 Å². The standard InChI is InChI=1S/C28H36N4O2/c1-19-11-9-10-12-22(19)32-24(17-23(30-32)28(5,6)7)29-25(33)18-31(8)26(34)20-13-15-21(16-14-20)27(2,3)4/h9-17H,18H2,1-8H3,(H,29,33). The number of carbonyl (C=O) groups is 2. The lowest BCUT2D eigenvalue weighted by Crippen LogP contribution is -2.35. The molecule has 6 heteroatoms. The predicted molar refractivity (Wildman–Crippen MR) is 138 cm³/mol. The molecule has 0 saturated heterocycles. The first-order valence-corrected chi connectivity index (χ1v) is 11.6. The van der Waals surface area contributed by atoms with Crippen molar-refractivity contribution in [3.63, 3.8) is 0 Å². The number of nitrogens with one attached hydrogen (secondary N) is 1. The monoisotopic (exact) mass is 460 g/mol. The second-order valence-electron chi connectivity index (χ2n) is 10.9. The van der Waals surface area contributed by atoms with Gasteiger partial charge in [-0.2, -0.15) is 5.10 Å². The highest BCUT2D eigenvalue weighted by atomic mass is 16.2. The molecule has 0 aliphatic carbocycles. The molecule has 3 rings (SSSR count). The molecule has 3 aromatic rings. The number of hydrogen-bond acceptors (Lipinski definition) is 3. The molecule has 0 spiro atoms. The summed E-state index contributed by atoms with van der Waals surface area (Å²) in [6.07, 6.45) is 0. The third-order valence-corrected chi connectivity index (χ3v) is 5.81. The van der Waals surface area contributed by atoms with E-state index in [1.807, 2.05) is 61.5 Å². The summed E-state index contributed by atoms with van der Waals surface area (Å²) in [5, 5.41) is 7.74. The molecule has 1 aromatic heterocycles.